The second-order valence-corrected chi connectivity index (χ2v) is 5.85. The summed E-state index contributed by atoms with van der Waals surface area (Å²) in [6, 6.07) is 10.1. The van der Waals surface area contributed by atoms with Crippen LogP contribution in [0, 0.1) is 6.92 Å². The molecular formula is C16H26N2. The minimum atomic E-state index is 0.132. The van der Waals surface area contributed by atoms with Crippen LogP contribution in [0.5, 0.6) is 0 Å². The van der Waals surface area contributed by atoms with Gasteiger partial charge in [0.2, 0.25) is 0 Å². The smallest absolute Gasteiger partial charge is 0.0424 e. The summed E-state index contributed by atoms with van der Waals surface area (Å²) in [5.74, 6) is 0. The quantitative estimate of drug-likeness (QED) is 0.887. The van der Waals surface area contributed by atoms with E-state index in [1.54, 1.807) is 0 Å². The van der Waals surface area contributed by atoms with E-state index in [0.29, 0.717) is 12.1 Å². The van der Waals surface area contributed by atoms with Crippen molar-refractivity contribution < 1.29 is 0 Å². The highest BCUT2D eigenvalue weighted by Crippen LogP contribution is 2.25. The Morgan fingerprint density at radius 2 is 1.94 bits per heavy atom. The van der Waals surface area contributed by atoms with E-state index in [4.69, 9.17) is 5.73 Å². The molecule has 3 unspecified atom stereocenters. The van der Waals surface area contributed by atoms with Gasteiger partial charge in [0, 0.05) is 24.7 Å². The van der Waals surface area contributed by atoms with E-state index >= 15 is 0 Å². The van der Waals surface area contributed by atoms with E-state index in [9.17, 15) is 0 Å². The van der Waals surface area contributed by atoms with Gasteiger partial charge in [0.1, 0.15) is 0 Å². The molecule has 0 spiro atoms. The molecule has 2 heteroatoms. The van der Waals surface area contributed by atoms with Gasteiger partial charge in [0.05, 0.1) is 0 Å². The van der Waals surface area contributed by atoms with Gasteiger partial charge < -0.3 is 5.73 Å². The molecule has 2 rings (SSSR count). The summed E-state index contributed by atoms with van der Waals surface area (Å²) in [5, 5.41) is 0. The molecule has 18 heavy (non-hydrogen) atoms. The van der Waals surface area contributed by atoms with Crippen molar-refractivity contribution in [2.75, 3.05) is 6.54 Å². The fourth-order valence-corrected chi connectivity index (χ4v) is 3.07. The Morgan fingerprint density at radius 1 is 1.28 bits per heavy atom. The Labute approximate surface area is 111 Å². The average molecular weight is 246 g/mol. The number of rotatable bonds is 3. The molecule has 2 nitrogen and oxygen atoms in total. The molecule has 1 aromatic carbocycles. The maximum absolute atomic E-state index is 6.38. The third-order valence-corrected chi connectivity index (χ3v) is 4.25. The number of likely N-dealkylation sites (tertiary alicyclic amines) is 1. The van der Waals surface area contributed by atoms with Crippen LogP contribution >= 0.6 is 0 Å². The fraction of sp³-hybridized carbons (Fsp3) is 0.625. The Hall–Kier alpha value is -0.860. The first-order chi connectivity index (χ1) is 8.58. The Morgan fingerprint density at radius 3 is 2.56 bits per heavy atom. The molecule has 0 amide bonds. The third kappa shape index (κ3) is 3.12. The average Bonchev–Trinajstić information content (AvgIpc) is 2.34. The summed E-state index contributed by atoms with van der Waals surface area (Å²) >= 11 is 0. The van der Waals surface area contributed by atoms with E-state index in [2.05, 4.69) is 49.9 Å². The second kappa shape index (κ2) is 5.85. The molecule has 1 aromatic rings. The lowest BCUT2D eigenvalue weighted by atomic mass is 9.95. The molecule has 2 N–H and O–H groups in total. The fourth-order valence-electron chi connectivity index (χ4n) is 3.07. The molecule has 0 bridgehead atoms. The topological polar surface area (TPSA) is 29.3 Å². The molecular weight excluding hydrogens is 220 g/mol. The summed E-state index contributed by atoms with van der Waals surface area (Å²) in [4.78, 5) is 2.58. The zero-order valence-electron chi connectivity index (χ0n) is 11.9. The number of aryl methyl sites for hydroxylation is 1. The number of hydrogen-bond acceptors (Lipinski definition) is 2. The molecule has 0 saturated carbocycles. The SMILES string of the molecule is Cc1cccc(C(N)CN2C(C)CCCC2C)c1. The second-order valence-electron chi connectivity index (χ2n) is 5.85. The van der Waals surface area contributed by atoms with Gasteiger partial charge in [-0.05, 0) is 39.2 Å². The van der Waals surface area contributed by atoms with Gasteiger partial charge in [-0.2, -0.15) is 0 Å². The summed E-state index contributed by atoms with van der Waals surface area (Å²) in [5.41, 5.74) is 8.94. The molecule has 3 atom stereocenters. The van der Waals surface area contributed by atoms with Crippen molar-refractivity contribution in [2.24, 2.45) is 5.73 Å². The zero-order valence-corrected chi connectivity index (χ0v) is 11.9. The predicted octanol–water partition coefficient (Wildman–Crippen LogP) is 3.26. The van der Waals surface area contributed by atoms with Crippen LogP contribution < -0.4 is 5.73 Å². The molecule has 1 saturated heterocycles. The number of nitrogens with two attached hydrogens (primary N) is 1. The van der Waals surface area contributed by atoms with Crippen LogP contribution in [0.3, 0.4) is 0 Å². The van der Waals surface area contributed by atoms with Gasteiger partial charge in [-0.3, -0.25) is 4.90 Å². The van der Waals surface area contributed by atoms with Crippen molar-refractivity contribution in [1.29, 1.82) is 0 Å². The largest absolute Gasteiger partial charge is 0.323 e. The first kappa shape index (κ1) is 13.6. The molecule has 0 aromatic heterocycles. The zero-order chi connectivity index (χ0) is 13.1. The molecule has 0 aliphatic carbocycles. The number of benzene rings is 1. The van der Waals surface area contributed by atoms with Crippen LogP contribution in [0.2, 0.25) is 0 Å². The molecule has 1 heterocycles. The minimum absolute atomic E-state index is 0.132. The van der Waals surface area contributed by atoms with E-state index in [-0.39, 0.29) is 6.04 Å². The highest BCUT2D eigenvalue weighted by atomic mass is 15.2. The lowest BCUT2D eigenvalue weighted by molar-refractivity contribution is 0.0961. The first-order valence-corrected chi connectivity index (χ1v) is 7.16. The Kier molecular flexibility index (Phi) is 4.41. The lowest BCUT2D eigenvalue weighted by Gasteiger charge is -2.40. The van der Waals surface area contributed by atoms with Gasteiger partial charge in [-0.25, -0.2) is 0 Å². The molecule has 1 aliphatic heterocycles. The molecule has 1 aliphatic rings. The maximum Gasteiger partial charge on any atom is 0.0424 e. The van der Waals surface area contributed by atoms with E-state index in [0.717, 1.165) is 6.54 Å². The van der Waals surface area contributed by atoms with Crippen LogP contribution in [0.25, 0.3) is 0 Å². The highest BCUT2D eigenvalue weighted by Gasteiger charge is 2.26. The van der Waals surface area contributed by atoms with Gasteiger partial charge in [0.25, 0.3) is 0 Å². The predicted molar refractivity (Wildman–Crippen MR) is 77.6 cm³/mol. The van der Waals surface area contributed by atoms with Crippen molar-refractivity contribution in [1.82, 2.24) is 4.90 Å². The lowest BCUT2D eigenvalue weighted by Crippen LogP contribution is -2.46. The summed E-state index contributed by atoms with van der Waals surface area (Å²) in [7, 11) is 0. The monoisotopic (exact) mass is 246 g/mol. The standard InChI is InChI=1S/C16H26N2/c1-12-6-4-9-15(10-12)16(17)11-18-13(2)7-5-8-14(18)3/h4,6,9-10,13-14,16H,5,7-8,11,17H2,1-3H3. The van der Waals surface area contributed by atoms with Gasteiger partial charge in [-0.1, -0.05) is 36.2 Å². The summed E-state index contributed by atoms with van der Waals surface area (Å²) in [6.07, 6.45) is 3.98. The van der Waals surface area contributed by atoms with E-state index in [1.807, 2.05) is 0 Å². The van der Waals surface area contributed by atoms with Crippen molar-refractivity contribution in [3.05, 3.63) is 35.4 Å². The van der Waals surface area contributed by atoms with Gasteiger partial charge in [0.15, 0.2) is 0 Å². The van der Waals surface area contributed by atoms with Crippen LogP contribution in [0.4, 0.5) is 0 Å². The van der Waals surface area contributed by atoms with Crippen LogP contribution in [-0.4, -0.2) is 23.5 Å². The molecule has 100 valence electrons. The third-order valence-electron chi connectivity index (χ3n) is 4.25. The van der Waals surface area contributed by atoms with Gasteiger partial charge in [-0.15, -0.1) is 0 Å². The van der Waals surface area contributed by atoms with Crippen LogP contribution in [0.1, 0.15) is 50.3 Å². The molecule has 1 fully saturated rings. The maximum atomic E-state index is 6.38. The Bertz CT molecular complexity index is 378. The summed E-state index contributed by atoms with van der Waals surface area (Å²) in [6.45, 7) is 7.77. The number of hydrogen-bond donors (Lipinski definition) is 1. The molecule has 0 radical (unpaired) electrons. The van der Waals surface area contributed by atoms with Crippen LogP contribution in [-0.2, 0) is 0 Å². The van der Waals surface area contributed by atoms with Crippen molar-refractivity contribution in [3.63, 3.8) is 0 Å². The van der Waals surface area contributed by atoms with Crippen LogP contribution in [0.15, 0.2) is 24.3 Å². The normalized spacial score (nSPS) is 27.1. The van der Waals surface area contributed by atoms with Gasteiger partial charge >= 0.3 is 0 Å². The minimum Gasteiger partial charge on any atom is -0.323 e. The van der Waals surface area contributed by atoms with Crippen molar-refractivity contribution >= 4 is 0 Å². The van der Waals surface area contributed by atoms with E-state index < -0.39 is 0 Å². The highest BCUT2D eigenvalue weighted by molar-refractivity contribution is 5.25. The van der Waals surface area contributed by atoms with Crippen molar-refractivity contribution in [3.8, 4) is 0 Å². The number of nitrogens with zero attached hydrogens (tertiary/aromatic N) is 1. The van der Waals surface area contributed by atoms with E-state index in [1.165, 1.54) is 30.4 Å². The summed E-state index contributed by atoms with van der Waals surface area (Å²) < 4.78 is 0. The first-order valence-electron chi connectivity index (χ1n) is 7.16. The number of piperidine rings is 1. The Balaban J connectivity index is 2.04. The van der Waals surface area contributed by atoms with Crippen molar-refractivity contribution in [2.45, 2.75) is 58.2 Å².